The van der Waals surface area contributed by atoms with Gasteiger partial charge in [0, 0.05) is 33.2 Å². The third-order valence-corrected chi connectivity index (χ3v) is 8.93. The van der Waals surface area contributed by atoms with Crippen molar-refractivity contribution in [2.45, 2.75) is 0 Å². The molecule has 0 radical (unpaired) electrons. The van der Waals surface area contributed by atoms with Crippen LogP contribution in [0.5, 0.6) is 0 Å². The Kier molecular flexibility index (Phi) is 6.14. The molecule has 0 spiro atoms. The van der Waals surface area contributed by atoms with Gasteiger partial charge in [-0.15, -0.1) is 0 Å². The Balaban J connectivity index is 1.33. The molecule has 0 saturated heterocycles. The number of fused-ring (bicyclic) bond motifs is 4. The van der Waals surface area contributed by atoms with Crippen LogP contribution >= 0.6 is 0 Å². The topological polar surface area (TPSA) is 22.8 Å². The quantitative estimate of drug-likeness (QED) is 0.196. The third-order valence-electron chi connectivity index (χ3n) is 8.93. The zero-order valence-corrected chi connectivity index (χ0v) is 25.1. The Labute approximate surface area is 267 Å². The molecule has 3 heteroatoms. The fourth-order valence-electron chi connectivity index (χ4n) is 6.92. The van der Waals surface area contributed by atoms with Gasteiger partial charge >= 0.3 is 0 Å². The van der Waals surface area contributed by atoms with E-state index in [-0.39, 0.29) is 0 Å². The molecule has 2 heterocycles. The van der Waals surface area contributed by atoms with Gasteiger partial charge in [-0.25, -0.2) is 4.98 Å². The van der Waals surface area contributed by atoms with Crippen LogP contribution < -0.4 is 0 Å². The number of hydrogen-bond donors (Lipinski definition) is 0. The third kappa shape index (κ3) is 4.17. The minimum absolute atomic E-state index is 0.923. The van der Waals surface area contributed by atoms with Gasteiger partial charge in [-0.1, -0.05) is 133 Å². The van der Waals surface area contributed by atoms with Gasteiger partial charge in [0.05, 0.1) is 27.8 Å². The van der Waals surface area contributed by atoms with E-state index in [4.69, 9.17) is 4.98 Å². The summed E-state index contributed by atoms with van der Waals surface area (Å²) in [5, 5.41) is 2.49. The first-order valence-electron chi connectivity index (χ1n) is 15.7. The number of aromatic nitrogens is 3. The molecule has 9 aromatic rings. The van der Waals surface area contributed by atoms with Crippen LogP contribution in [0.1, 0.15) is 0 Å². The minimum Gasteiger partial charge on any atom is -0.308 e. The van der Waals surface area contributed by atoms with Crippen molar-refractivity contribution in [3.63, 3.8) is 0 Å². The normalized spacial score (nSPS) is 11.5. The second-order valence-electron chi connectivity index (χ2n) is 11.6. The van der Waals surface area contributed by atoms with E-state index < -0.39 is 0 Å². The lowest BCUT2D eigenvalue weighted by atomic mass is 9.94. The summed E-state index contributed by atoms with van der Waals surface area (Å²) in [6, 6.07) is 62.6. The molecule has 0 unspecified atom stereocenters. The molecule has 216 valence electrons. The van der Waals surface area contributed by atoms with Crippen molar-refractivity contribution < 1.29 is 0 Å². The monoisotopic (exact) mass is 587 g/mol. The smallest absolute Gasteiger partial charge is 0.145 e. The fraction of sp³-hybridized carbons (Fsp3) is 0. The molecule has 3 nitrogen and oxygen atoms in total. The molecule has 7 aromatic carbocycles. The Morgan fingerprint density at radius 3 is 1.61 bits per heavy atom. The molecule has 0 saturated carbocycles. The van der Waals surface area contributed by atoms with Gasteiger partial charge in [0.15, 0.2) is 0 Å². The first-order valence-corrected chi connectivity index (χ1v) is 15.7. The van der Waals surface area contributed by atoms with Crippen LogP contribution in [0.15, 0.2) is 176 Å². The van der Waals surface area contributed by atoms with Gasteiger partial charge in [0.2, 0.25) is 0 Å². The van der Waals surface area contributed by atoms with Gasteiger partial charge in [-0.05, 0) is 53.6 Å². The predicted octanol–water partition coefficient (Wildman–Crippen LogP) is 11.1. The van der Waals surface area contributed by atoms with Gasteiger partial charge in [0.1, 0.15) is 5.82 Å². The van der Waals surface area contributed by atoms with Crippen molar-refractivity contribution in [2.75, 3.05) is 0 Å². The largest absolute Gasteiger partial charge is 0.308 e. The van der Waals surface area contributed by atoms with Crippen molar-refractivity contribution >= 4 is 32.8 Å². The Bertz CT molecular complexity index is 2470. The molecule has 46 heavy (non-hydrogen) atoms. The predicted molar refractivity (Wildman–Crippen MR) is 192 cm³/mol. The highest BCUT2D eigenvalue weighted by Gasteiger charge is 2.20. The van der Waals surface area contributed by atoms with Crippen LogP contribution in [0.2, 0.25) is 0 Å². The molecule has 0 amide bonds. The van der Waals surface area contributed by atoms with E-state index in [1.807, 2.05) is 0 Å². The van der Waals surface area contributed by atoms with Crippen LogP contribution in [0.25, 0.3) is 77.9 Å². The number of imidazole rings is 1. The van der Waals surface area contributed by atoms with Crippen molar-refractivity contribution in [1.82, 2.24) is 14.1 Å². The molecule has 2 aromatic heterocycles. The van der Waals surface area contributed by atoms with E-state index in [9.17, 15) is 0 Å². The van der Waals surface area contributed by atoms with Gasteiger partial charge < -0.3 is 4.57 Å². The number of nitrogens with zero attached hydrogens (tertiary/aromatic N) is 3. The molecule has 0 N–H and O–H groups in total. The summed E-state index contributed by atoms with van der Waals surface area (Å²) in [6.45, 7) is 0. The molecule has 0 bridgehead atoms. The van der Waals surface area contributed by atoms with Crippen molar-refractivity contribution in [2.24, 2.45) is 0 Å². The molecular formula is C43H29N3. The van der Waals surface area contributed by atoms with Crippen LogP contribution in [0.4, 0.5) is 0 Å². The Morgan fingerprint density at radius 2 is 0.891 bits per heavy atom. The molecule has 0 aliphatic carbocycles. The lowest BCUT2D eigenvalue weighted by Crippen LogP contribution is -2.01. The molecular weight excluding hydrogens is 558 g/mol. The van der Waals surface area contributed by atoms with Gasteiger partial charge in [-0.2, -0.15) is 0 Å². The first-order chi connectivity index (χ1) is 22.8. The zero-order valence-electron chi connectivity index (χ0n) is 25.1. The number of hydrogen-bond acceptors (Lipinski definition) is 1. The lowest BCUT2D eigenvalue weighted by molar-refractivity contribution is 1.10. The van der Waals surface area contributed by atoms with Crippen LogP contribution in [0.3, 0.4) is 0 Å². The summed E-state index contributed by atoms with van der Waals surface area (Å²) >= 11 is 0. The van der Waals surface area contributed by atoms with Crippen molar-refractivity contribution in [1.29, 1.82) is 0 Å². The average molecular weight is 588 g/mol. The first kappa shape index (κ1) is 26.2. The molecule has 0 aliphatic heterocycles. The molecule has 0 fully saturated rings. The van der Waals surface area contributed by atoms with E-state index in [2.05, 4.69) is 185 Å². The van der Waals surface area contributed by atoms with Gasteiger partial charge in [0.25, 0.3) is 0 Å². The fourth-order valence-corrected chi connectivity index (χ4v) is 6.92. The molecule has 0 aliphatic rings. The molecule has 9 rings (SSSR count). The highest BCUT2D eigenvalue weighted by atomic mass is 15.1. The van der Waals surface area contributed by atoms with Crippen LogP contribution in [-0.4, -0.2) is 14.1 Å². The summed E-state index contributed by atoms with van der Waals surface area (Å²) in [7, 11) is 0. The van der Waals surface area contributed by atoms with E-state index >= 15 is 0 Å². The SMILES string of the molecule is c1ccc(-c2cccc(-c3cccc(-c4nc5ccccc5n4-c4ccccc4)c3)c2-n2c3ccccc3c3ccccc32)cc1. The van der Waals surface area contributed by atoms with E-state index in [0.717, 1.165) is 39.2 Å². The summed E-state index contributed by atoms with van der Waals surface area (Å²) in [5.41, 5.74) is 12.4. The number of rotatable bonds is 5. The summed E-state index contributed by atoms with van der Waals surface area (Å²) in [4.78, 5) is 5.17. The Morgan fingerprint density at radius 1 is 0.370 bits per heavy atom. The summed E-state index contributed by atoms with van der Waals surface area (Å²) < 4.78 is 4.72. The van der Waals surface area contributed by atoms with Crippen LogP contribution in [-0.2, 0) is 0 Å². The minimum atomic E-state index is 0.923. The van der Waals surface area contributed by atoms with E-state index in [1.54, 1.807) is 0 Å². The maximum Gasteiger partial charge on any atom is 0.145 e. The standard InChI is InChI=1S/C43H29N3/c1-3-15-30(16-4-1)34-23-14-24-35(42(34)46-39-26-10-7-21-36(39)37-22-8-11-27-40(37)46)31-17-13-18-32(29-31)43-44-38-25-9-12-28-41(38)45(43)33-19-5-2-6-20-33/h1-29H. The lowest BCUT2D eigenvalue weighted by Gasteiger charge is -2.19. The highest BCUT2D eigenvalue weighted by molar-refractivity contribution is 6.10. The molecule has 0 atom stereocenters. The van der Waals surface area contributed by atoms with Crippen molar-refractivity contribution in [3.8, 4) is 45.0 Å². The Hall–Kier alpha value is -6.19. The van der Waals surface area contributed by atoms with Crippen molar-refractivity contribution in [3.05, 3.63) is 176 Å². The zero-order chi connectivity index (χ0) is 30.5. The number of para-hydroxylation sites is 6. The maximum absolute atomic E-state index is 5.17. The number of benzene rings is 7. The second-order valence-corrected chi connectivity index (χ2v) is 11.6. The summed E-state index contributed by atoms with van der Waals surface area (Å²) in [5.74, 6) is 0.923. The van der Waals surface area contributed by atoms with E-state index in [0.29, 0.717) is 0 Å². The second kappa shape index (κ2) is 10.8. The average Bonchev–Trinajstić information content (AvgIpc) is 3.69. The highest BCUT2D eigenvalue weighted by Crippen LogP contribution is 2.42. The summed E-state index contributed by atoms with van der Waals surface area (Å²) in [6.07, 6.45) is 0. The van der Waals surface area contributed by atoms with Gasteiger partial charge in [-0.3, -0.25) is 4.57 Å². The van der Waals surface area contributed by atoms with Crippen LogP contribution in [0, 0.1) is 0 Å². The van der Waals surface area contributed by atoms with E-state index in [1.165, 1.54) is 38.6 Å². The maximum atomic E-state index is 5.17.